The van der Waals surface area contributed by atoms with E-state index in [4.69, 9.17) is 0 Å². The minimum atomic E-state index is -0.100. The molecule has 0 bridgehead atoms. The summed E-state index contributed by atoms with van der Waals surface area (Å²) in [6.45, 7) is 7.09. The van der Waals surface area contributed by atoms with E-state index in [1.165, 1.54) is 83.0 Å². The van der Waals surface area contributed by atoms with Crippen molar-refractivity contribution in [3.8, 4) is 33.4 Å². The number of anilines is 5. The molecule has 0 N–H and O–H groups in total. The van der Waals surface area contributed by atoms with Gasteiger partial charge in [0.15, 0.2) is 0 Å². The van der Waals surface area contributed by atoms with Crippen molar-refractivity contribution in [2.75, 3.05) is 9.80 Å². The molecule has 0 saturated carbocycles. The summed E-state index contributed by atoms with van der Waals surface area (Å²) >= 11 is 0. The lowest BCUT2D eigenvalue weighted by molar-refractivity contribution is 0.551. The topological polar surface area (TPSA) is 6.48 Å². The van der Waals surface area contributed by atoms with E-state index < -0.39 is 0 Å². The fourth-order valence-corrected chi connectivity index (χ4v) is 11.1. The van der Waals surface area contributed by atoms with Crippen LogP contribution in [0.2, 0.25) is 0 Å². The Balaban J connectivity index is 1.01. The normalized spacial score (nSPS) is 17.8. The fraction of sp³-hybridized carbons (Fsp3) is 0.100. The lowest BCUT2D eigenvalue weighted by Gasteiger charge is -2.35. The van der Waals surface area contributed by atoms with Gasteiger partial charge >= 0.3 is 0 Å². The van der Waals surface area contributed by atoms with Crippen LogP contribution in [0.1, 0.15) is 37.5 Å². The van der Waals surface area contributed by atoms with E-state index in [1.54, 1.807) is 0 Å². The first-order valence-corrected chi connectivity index (χ1v) is 21.9. The quantitative estimate of drug-likeness (QED) is 0.155. The number of para-hydroxylation sites is 2. The second-order valence-corrected chi connectivity index (χ2v) is 17.9. The van der Waals surface area contributed by atoms with Gasteiger partial charge in [0.1, 0.15) is 0 Å². The molecule has 12 rings (SSSR count). The van der Waals surface area contributed by atoms with E-state index in [1.807, 2.05) is 0 Å². The monoisotopic (exact) mass is 794 g/mol. The van der Waals surface area contributed by atoms with Crippen LogP contribution < -0.4 is 9.80 Å². The van der Waals surface area contributed by atoms with Gasteiger partial charge in [0.25, 0.3) is 0 Å². The van der Waals surface area contributed by atoms with Crippen LogP contribution in [0.15, 0.2) is 218 Å². The molecule has 1 aliphatic heterocycles. The molecule has 0 saturated heterocycles. The first-order valence-electron chi connectivity index (χ1n) is 21.9. The minimum Gasteiger partial charge on any atom is -0.333 e. The Morgan fingerprint density at radius 3 is 1.92 bits per heavy atom. The van der Waals surface area contributed by atoms with Crippen LogP contribution in [0.5, 0.6) is 0 Å². The second-order valence-electron chi connectivity index (χ2n) is 17.9. The van der Waals surface area contributed by atoms with Gasteiger partial charge in [0.05, 0.1) is 11.7 Å². The zero-order valence-electron chi connectivity index (χ0n) is 35.3. The zero-order valence-corrected chi connectivity index (χ0v) is 35.3. The Kier molecular flexibility index (Phi) is 8.11. The van der Waals surface area contributed by atoms with Crippen molar-refractivity contribution in [3.63, 3.8) is 0 Å². The minimum absolute atomic E-state index is 0.0935. The average molecular weight is 795 g/mol. The molecule has 2 heteroatoms. The first-order chi connectivity index (χ1) is 30.4. The molecule has 3 aliphatic rings. The third kappa shape index (κ3) is 5.36. The first kappa shape index (κ1) is 36.4. The molecule has 0 fully saturated rings. The SMILES string of the molecule is CC1(C)c2ccccc2-c2c(-c3ccccc3N(c3ccc(-c4cccc5c4ccc4ccccc45)cc3)c3ccc(N4c5ccccc5C5(C)C=CC=CC45)cc3)cccc21. The van der Waals surface area contributed by atoms with Gasteiger partial charge in [-0.15, -0.1) is 0 Å². The predicted octanol–water partition coefficient (Wildman–Crippen LogP) is 16.0. The second kappa shape index (κ2) is 13.8. The molecule has 9 aromatic rings. The van der Waals surface area contributed by atoms with Gasteiger partial charge in [-0.25, -0.2) is 0 Å². The molecule has 296 valence electrons. The van der Waals surface area contributed by atoms with Crippen LogP contribution in [0.3, 0.4) is 0 Å². The maximum atomic E-state index is 2.52. The van der Waals surface area contributed by atoms with Gasteiger partial charge in [-0.3, -0.25) is 0 Å². The molecule has 2 unspecified atom stereocenters. The maximum Gasteiger partial charge on any atom is 0.0655 e. The van der Waals surface area contributed by atoms with Crippen LogP contribution in [0.25, 0.3) is 54.9 Å². The van der Waals surface area contributed by atoms with E-state index in [9.17, 15) is 0 Å². The van der Waals surface area contributed by atoms with Crippen molar-refractivity contribution in [2.45, 2.75) is 37.6 Å². The van der Waals surface area contributed by atoms with Crippen LogP contribution in [0.4, 0.5) is 28.4 Å². The molecule has 2 atom stereocenters. The third-order valence-corrected chi connectivity index (χ3v) is 14.1. The van der Waals surface area contributed by atoms with Crippen molar-refractivity contribution in [1.82, 2.24) is 0 Å². The summed E-state index contributed by atoms with van der Waals surface area (Å²) in [4.78, 5) is 4.97. The van der Waals surface area contributed by atoms with E-state index in [2.05, 4.69) is 249 Å². The van der Waals surface area contributed by atoms with Crippen LogP contribution in [-0.4, -0.2) is 6.04 Å². The number of rotatable bonds is 6. The summed E-state index contributed by atoms with van der Waals surface area (Å²) in [5, 5.41) is 5.09. The lowest BCUT2D eigenvalue weighted by Crippen LogP contribution is -2.39. The Hall–Kier alpha value is -7.42. The van der Waals surface area contributed by atoms with Crippen LogP contribution in [-0.2, 0) is 10.8 Å². The number of hydrogen-bond acceptors (Lipinski definition) is 2. The van der Waals surface area contributed by atoms with Crippen molar-refractivity contribution in [1.29, 1.82) is 0 Å². The van der Waals surface area contributed by atoms with Crippen LogP contribution >= 0.6 is 0 Å². The highest BCUT2D eigenvalue weighted by Gasteiger charge is 2.46. The van der Waals surface area contributed by atoms with Gasteiger partial charge in [0.2, 0.25) is 0 Å². The molecular formula is C60H46N2. The molecule has 2 aliphatic carbocycles. The number of allylic oxidation sites excluding steroid dienone is 2. The lowest BCUT2D eigenvalue weighted by atomic mass is 9.76. The third-order valence-electron chi connectivity index (χ3n) is 14.1. The highest BCUT2D eigenvalue weighted by atomic mass is 15.2. The Morgan fingerprint density at radius 2 is 1.08 bits per heavy atom. The van der Waals surface area contributed by atoms with Crippen molar-refractivity contribution in [2.24, 2.45) is 0 Å². The fourth-order valence-electron chi connectivity index (χ4n) is 11.1. The van der Waals surface area contributed by atoms with Crippen molar-refractivity contribution < 1.29 is 0 Å². The average Bonchev–Trinajstić information content (AvgIpc) is 3.73. The largest absolute Gasteiger partial charge is 0.333 e. The molecule has 1 heterocycles. The van der Waals surface area contributed by atoms with Crippen molar-refractivity contribution in [3.05, 3.63) is 235 Å². The molecule has 2 nitrogen and oxygen atoms in total. The summed E-state index contributed by atoms with van der Waals surface area (Å²) < 4.78 is 0. The Labute approximate surface area is 364 Å². The molecule has 0 radical (unpaired) electrons. The smallest absolute Gasteiger partial charge is 0.0655 e. The molecular weight excluding hydrogens is 749 g/mol. The molecule has 9 aromatic carbocycles. The highest BCUT2D eigenvalue weighted by molar-refractivity contribution is 6.12. The number of fused-ring (bicyclic) bond motifs is 9. The van der Waals surface area contributed by atoms with E-state index >= 15 is 0 Å². The number of nitrogens with zero attached hydrogens (tertiary/aromatic N) is 2. The number of benzene rings is 9. The Morgan fingerprint density at radius 1 is 0.452 bits per heavy atom. The standard InChI is InChI=1S/C60H46N2/c1-59(2)52-23-8-6-19-51(52)58-50(22-15-25-54(58)59)49-18-7-10-26-55(49)61(42-32-29-41(30-33-42)46-20-14-21-47-45-17-5-4-16-40(45)31-38-48(46)47)43-34-36-44(37-35-43)62-56-27-11-9-24-53(56)60(3)39-13-12-28-57(60)62/h4-39,57H,1-3H3. The van der Waals surface area contributed by atoms with Crippen LogP contribution in [0, 0.1) is 0 Å². The van der Waals surface area contributed by atoms with E-state index in [0.29, 0.717) is 0 Å². The van der Waals surface area contributed by atoms with Gasteiger partial charge in [0, 0.05) is 39.1 Å². The summed E-state index contributed by atoms with van der Waals surface area (Å²) in [7, 11) is 0. The van der Waals surface area contributed by atoms with E-state index in [-0.39, 0.29) is 16.9 Å². The van der Waals surface area contributed by atoms with E-state index in [0.717, 1.165) is 17.1 Å². The molecule has 0 amide bonds. The highest BCUT2D eigenvalue weighted by Crippen LogP contribution is 2.55. The van der Waals surface area contributed by atoms with Crippen molar-refractivity contribution >= 4 is 50.0 Å². The molecule has 62 heavy (non-hydrogen) atoms. The summed E-state index contributed by atoms with van der Waals surface area (Å²) in [6.07, 6.45) is 9.12. The molecule has 0 aromatic heterocycles. The summed E-state index contributed by atoms with van der Waals surface area (Å²) in [5.74, 6) is 0. The van der Waals surface area contributed by atoms with Gasteiger partial charge in [-0.2, -0.15) is 0 Å². The number of hydrogen-bond donors (Lipinski definition) is 0. The van der Waals surface area contributed by atoms with Gasteiger partial charge in [-0.1, -0.05) is 184 Å². The maximum absolute atomic E-state index is 2.52. The molecule has 0 spiro atoms. The Bertz CT molecular complexity index is 3300. The predicted molar refractivity (Wildman–Crippen MR) is 263 cm³/mol. The van der Waals surface area contributed by atoms with Gasteiger partial charge < -0.3 is 9.80 Å². The summed E-state index contributed by atoms with van der Waals surface area (Å²) in [6, 6.07) is 72.3. The van der Waals surface area contributed by atoms with Gasteiger partial charge in [-0.05, 0) is 122 Å². The zero-order chi connectivity index (χ0) is 41.6. The summed E-state index contributed by atoms with van der Waals surface area (Å²) in [5.41, 5.74) is 17.3.